The molecule has 1 saturated carbocycles. The molecule has 3 N–H and O–H groups in total. The minimum Gasteiger partial charge on any atom is -0.465 e. The Bertz CT molecular complexity index is 624. The summed E-state index contributed by atoms with van der Waals surface area (Å²) in [6.45, 7) is 6.24. The fraction of sp³-hybridized carbons (Fsp3) is 0.619. The van der Waals surface area contributed by atoms with E-state index in [1.165, 1.54) is 24.9 Å². The molecule has 1 aromatic rings. The van der Waals surface area contributed by atoms with E-state index in [1.54, 1.807) is 0 Å². The first-order chi connectivity index (χ1) is 13.0. The zero-order valence-electron chi connectivity index (χ0n) is 16.0. The van der Waals surface area contributed by atoms with E-state index >= 15 is 0 Å². The highest BCUT2D eigenvalue weighted by molar-refractivity contribution is 5.71. The molecule has 2 aliphatic rings. The Morgan fingerprint density at radius 1 is 1.30 bits per heavy atom. The van der Waals surface area contributed by atoms with Gasteiger partial charge in [-0.1, -0.05) is 37.3 Å². The zero-order valence-corrected chi connectivity index (χ0v) is 16.0. The second-order valence-corrected chi connectivity index (χ2v) is 8.23. The maximum atomic E-state index is 11.0. The van der Waals surface area contributed by atoms with Crippen LogP contribution in [0.5, 0.6) is 0 Å². The van der Waals surface area contributed by atoms with E-state index in [0.717, 1.165) is 25.6 Å². The Morgan fingerprint density at radius 3 is 2.78 bits per heavy atom. The number of carboxylic acid groups (broad SMARTS) is 1. The third-order valence-electron chi connectivity index (χ3n) is 6.04. The van der Waals surface area contributed by atoms with E-state index in [2.05, 4.69) is 52.8 Å². The van der Waals surface area contributed by atoms with Crippen molar-refractivity contribution in [1.82, 2.24) is 15.5 Å². The van der Waals surface area contributed by atoms with Gasteiger partial charge in [-0.25, -0.2) is 4.79 Å². The number of hydrogen-bond acceptors (Lipinski definition) is 4. The number of amides is 1. The minimum absolute atomic E-state index is 0.243. The first-order valence-electron chi connectivity index (χ1n) is 9.99. The van der Waals surface area contributed by atoms with Gasteiger partial charge in [-0.2, -0.15) is 0 Å². The van der Waals surface area contributed by atoms with Crippen LogP contribution in [0.2, 0.25) is 0 Å². The SMILES string of the molecule is C[C@H](CN[C@H]1CC[C@@H]2CN(Cc3ccccc3)C[C@@H]21)CC(C=O)NC(=O)O. The van der Waals surface area contributed by atoms with E-state index < -0.39 is 12.1 Å². The topological polar surface area (TPSA) is 81.7 Å². The number of carbonyl (C=O) groups is 2. The molecule has 27 heavy (non-hydrogen) atoms. The van der Waals surface area contributed by atoms with Gasteiger partial charge in [0.25, 0.3) is 0 Å². The summed E-state index contributed by atoms with van der Waals surface area (Å²) in [6, 6.07) is 10.6. The largest absolute Gasteiger partial charge is 0.465 e. The van der Waals surface area contributed by atoms with Crippen LogP contribution in [0.3, 0.4) is 0 Å². The first-order valence-corrected chi connectivity index (χ1v) is 9.99. The molecule has 3 rings (SSSR count). The molecule has 6 heteroatoms. The average molecular weight is 373 g/mol. The van der Waals surface area contributed by atoms with Gasteiger partial charge in [0.1, 0.15) is 6.29 Å². The van der Waals surface area contributed by atoms with Crippen LogP contribution in [0.15, 0.2) is 30.3 Å². The lowest BCUT2D eigenvalue weighted by atomic mass is 9.96. The summed E-state index contributed by atoms with van der Waals surface area (Å²) in [6.07, 6.45) is 2.57. The van der Waals surface area contributed by atoms with Gasteiger partial charge in [-0.15, -0.1) is 0 Å². The second-order valence-electron chi connectivity index (χ2n) is 8.23. The number of carbonyl (C=O) groups excluding carboxylic acids is 1. The van der Waals surface area contributed by atoms with Crippen molar-refractivity contribution in [2.45, 2.75) is 44.8 Å². The van der Waals surface area contributed by atoms with Crippen molar-refractivity contribution in [1.29, 1.82) is 0 Å². The number of rotatable bonds is 9. The third-order valence-corrected chi connectivity index (χ3v) is 6.04. The van der Waals surface area contributed by atoms with Gasteiger partial charge in [0.15, 0.2) is 0 Å². The Labute approximate surface area is 161 Å². The minimum atomic E-state index is -1.14. The summed E-state index contributed by atoms with van der Waals surface area (Å²) < 4.78 is 0. The van der Waals surface area contributed by atoms with Crippen LogP contribution < -0.4 is 10.6 Å². The van der Waals surface area contributed by atoms with Crippen molar-refractivity contribution >= 4 is 12.4 Å². The van der Waals surface area contributed by atoms with Gasteiger partial charge in [-0.3, -0.25) is 4.90 Å². The predicted molar refractivity (Wildman–Crippen MR) is 105 cm³/mol. The molecule has 148 valence electrons. The molecule has 1 heterocycles. The van der Waals surface area contributed by atoms with E-state index in [0.29, 0.717) is 24.7 Å². The van der Waals surface area contributed by atoms with Crippen LogP contribution in [-0.4, -0.2) is 54.1 Å². The number of benzene rings is 1. The van der Waals surface area contributed by atoms with Crippen molar-refractivity contribution < 1.29 is 14.7 Å². The highest BCUT2D eigenvalue weighted by Gasteiger charge is 2.42. The summed E-state index contributed by atoms with van der Waals surface area (Å²) in [4.78, 5) is 24.3. The molecule has 1 saturated heterocycles. The Hall–Kier alpha value is -1.92. The van der Waals surface area contributed by atoms with Gasteiger partial charge in [0.2, 0.25) is 0 Å². The molecule has 6 nitrogen and oxygen atoms in total. The van der Waals surface area contributed by atoms with Gasteiger partial charge < -0.3 is 20.5 Å². The smallest absolute Gasteiger partial charge is 0.405 e. The van der Waals surface area contributed by atoms with E-state index in [9.17, 15) is 9.59 Å². The molecule has 1 amide bonds. The lowest BCUT2D eigenvalue weighted by Crippen LogP contribution is -2.41. The standard InChI is InChI=1S/C21H31N3O3/c1-15(9-18(14-25)23-21(26)27)10-22-20-8-7-17-12-24(13-19(17)20)11-16-5-3-2-4-6-16/h2-6,14-15,17-20,22-23H,7-13H2,1H3,(H,26,27)/t15-,17+,18?,19-,20-/m0/s1. The lowest BCUT2D eigenvalue weighted by Gasteiger charge is -2.24. The number of nitrogens with zero attached hydrogens (tertiary/aromatic N) is 1. The summed E-state index contributed by atoms with van der Waals surface area (Å²) in [5, 5.41) is 14.7. The number of likely N-dealkylation sites (tertiary alicyclic amines) is 1. The van der Waals surface area contributed by atoms with Crippen LogP contribution in [0.1, 0.15) is 31.7 Å². The Balaban J connectivity index is 1.44. The van der Waals surface area contributed by atoms with Gasteiger partial charge in [-0.05, 0) is 49.1 Å². The first kappa shape index (κ1) is 19.8. The fourth-order valence-electron chi connectivity index (χ4n) is 4.76. The number of hydrogen-bond donors (Lipinski definition) is 3. The lowest BCUT2D eigenvalue weighted by molar-refractivity contribution is -0.109. The summed E-state index contributed by atoms with van der Waals surface area (Å²) in [7, 11) is 0. The van der Waals surface area contributed by atoms with Gasteiger partial charge in [0.05, 0.1) is 6.04 Å². The summed E-state index contributed by atoms with van der Waals surface area (Å²) >= 11 is 0. The Morgan fingerprint density at radius 2 is 2.07 bits per heavy atom. The monoisotopic (exact) mass is 373 g/mol. The van der Waals surface area contributed by atoms with E-state index in [-0.39, 0.29) is 5.92 Å². The molecule has 0 bridgehead atoms. The van der Waals surface area contributed by atoms with Gasteiger partial charge >= 0.3 is 6.09 Å². The predicted octanol–water partition coefficient (Wildman–Crippen LogP) is 2.35. The number of fused-ring (bicyclic) bond motifs is 1. The molecule has 0 aromatic heterocycles. The van der Waals surface area contributed by atoms with E-state index in [1.807, 2.05) is 0 Å². The third kappa shape index (κ3) is 5.53. The van der Waals surface area contributed by atoms with Gasteiger partial charge in [0, 0.05) is 25.7 Å². The molecule has 2 fully saturated rings. The summed E-state index contributed by atoms with van der Waals surface area (Å²) in [5.41, 5.74) is 1.38. The quantitative estimate of drug-likeness (QED) is 0.579. The Kier molecular flexibility index (Phi) is 6.85. The average Bonchev–Trinajstić information content (AvgIpc) is 3.20. The number of nitrogens with one attached hydrogen (secondary N) is 2. The van der Waals surface area contributed by atoms with E-state index in [4.69, 9.17) is 5.11 Å². The molecular formula is C21H31N3O3. The van der Waals surface area contributed by atoms with Crippen molar-refractivity contribution in [2.75, 3.05) is 19.6 Å². The molecule has 1 aliphatic carbocycles. The van der Waals surface area contributed by atoms with Crippen LogP contribution in [0.4, 0.5) is 4.79 Å². The molecular weight excluding hydrogens is 342 g/mol. The molecule has 1 unspecified atom stereocenters. The summed E-state index contributed by atoms with van der Waals surface area (Å²) in [5.74, 6) is 1.71. The fourth-order valence-corrected chi connectivity index (χ4v) is 4.76. The molecule has 1 aromatic carbocycles. The molecule has 0 radical (unpaired) electrons. The van der Waals surface area contributed by atoms with Crippen LogP contribution >= 0.6 is 0 Å². The zero-order chi connectivity index (χ0) is 19.2. The second kappa shape index (κ2) is 9.33. The van der Waals surface area contributed by atoms with Crippen molar-refractivity contribution in [2.24, 2.45) is 17.8 Å². The van der Waals surface area contributed by atoms with Crippen LogP contribution in [0, 0.1) is 17.8 Å². The van der Waals surface area contributed by atoms with Crippen molar-refractivity contribution in [3.8, 4) is 0 Å². The maximum absolute atomic E-state index is 11.0. The van der Waals surface area contributed by atoms with Crippen LogP contribution in [-0.2, 0) is 11.3 Å². The molecule has 5 atom stereocenters. The highest BCUT2D eigenvalue weighted by Crippen LogP contribution is 2.38. The van der Waals surface area contributed by atoms with Crippen molar-refractivity contribution in [3.05, 3.63) is 35.9 Å². The maximum Gasteiger partial charge on any atom is 0.405 e. The molecule has 0 spiro atoms. The highest BCUT2D eigenvalue weighted by atomic mass is 16.4. The van der Waals surface area contributed by atoms with Crippen LogP contribution in [0.25, 0.3) is 0 Å². The number of aldehydes is 1. The van der Waals surface area contributed by atoms with Crippen molar-refractivity contribution in [3.63, 3.8) is 0 Å². The molecule has 1 aliphatic heterocycles. The normalized spacial score (nSPS) is 27.1.